The van der Waals surface area contributed by atoms with Crippen molar-refractivity contribution in [1.29, 1.82) is 0 Å². The monoisotopic (exact) mass is 326 g/mol. The molecule has 0 aromatic heterocycles. The van der Waals surface area contributed by atoms with Gasteiger partial charge in [-0.3, -0.25) is 14.9 Å². The maximum Gasteiger partial charge on any atom is 0.282 e. The SMILES string of the molecule is Cc1ccc(C2CN(C(=O)c3ccccc3[N+](=O)[O-])CCO2)cc1. The van der Waals surface area contributed by atoms with Gasteiger partial charge in [-0.15, -0.1) is 0 Å². The van der Waals surface area contributed by atoms with Crippen LogP contribution in [0.25, 0.3) is 0 Å². The minimum Gasteiger partial charge on any atom is -0.370 e. The summed E-state index contributed by atoms with van der Waals surface area (Å²) < 4.78 is 5.77. The van der Waals surface area contributed by atoms with Crippen molar-refractivity contribution in [1.82, 2.24) is 4.90 Å². The highest BCUT2D eigenvalue weighted by Crippen LogP contribution is 2.26. The molecular weight excluding hydrogens is 308 g/mol. The number of hydrogen-bond donors (Lipinski definition) is 0. The molecular formula is C18H18N2O4. The fraction of sp³-hybridized carbons (Fsp3) is 0.278. The summed E-state index contributed by atoms with van der Waals surface area (Å²) in [5.41, 5.74) is 2.11. The number of aryl methyl sites for hydroxylation is 1. The van der Waals surface area contributed by atoms with Gasteiger partial charge >= 0.3 is 0 Å². The molecule has 1 fully saturated rings. The van der Waals surface area contributed by atoms with Crippen LogP contribution in [0.15, 0.2) is 48.5 Å². The zero-order valence-electron chi connectivity index (χ0n) is 13.3. The van der Waals surface area contributed by atoms with Crippen molar-refractivity contribution in [3.8, 4) is 0 Å². The lowest BCUT2D eigenvalue weighted by molar-refractivity contribution is -0.385. The first-order valence-electron chi connectivity index (χ1n) is 7.77. The summed E-state index contributed by atoms with van der Waals surface area (Å²) in [6.45, 7) is 3.22. The molecule has 1 saturated heterocycles. The molecule has 2 aromatic rings. The first kappa shape index (κ1) is 16.1. The van der Waals surface area contributed by atoms with Crippen molar-refractivity contribution in [2.24, 2.45) is 0 Å². The molecule has 2 aromatic carbocycles. The van der Waals surface area contributed by atoms with Gasteiger partial charge in [0.05, 0.1) is 18.1 Å². The molecule has 0 saturated carbocycles. The molecule has 1 unspecified atom stereocenters. The average Bonchev–Trinajstić information content (AvgIpc) is 2.62. The van der Waals surface area contributed by atoms with Gasteiger partial charge < -0.3 is 9.64 Å². The van der Waals surface area contributed by atoms with Crippen LogP contribution >= 0.6 is 0 Å². The molecule has 1 aliphatic heterocycles. The molecule has 0 spiro atoms. The Morgan fingerprint density at radius 1 is 1.21 bits per heavy atom. The lowest BCUT2D eigenvalue weighted by Gasteiger charge is -2.33. The van der Waals surface area contributed by atoms with E-state index in [4.69, 9.17) is 4.74 Å². The van der Waals surface area contributed by atoms with E-state index in [0.29, 0.717) is 19.7 Å². The number of ether oxygens (including phenoxy) is 1. The van der Waals surface area contributed by atoms with E-state index in [1.54, 1.807) is 17.0 Å². The van der Waals surface area contributed by atoms with E-state index >= 15 is 0 Å². The molecule has 0 aliphatic carbocycles. The largest absolute Gasteiger partial charge is 0.370 e. The third-order valence-electron chi connectivity index (χ3n) is 4.13. The normalized spacial score (nSPS) is 17.5. The average molecular weight is 326 g/mol. The third-order valence-corrected chi connectivity index (χ3v) is 4.13. The van der Waals surface area contributed by atoms with Gasteiger partial charge in [-0.25, -0.2) is 0 Å². The van der Waals surface area contributed by atoms with Gasteiger partial charge in [-0.05, 0) is 18.6 Å². The second kappa shape index (κ2) is 6.80. The fourth-order valence-corrected chi connectivity index (χ4v) is 2.80. The zero-order chi connectivity index (χ0) is 17.1. The molecule has 24 heavy (non-hydrogen) atoms. The number of carbonyl (C=O) groups excluding carboxylic acids is 1. The topological polar surface area (TPSA) is 72.7 Å². The summed E-state index contributed by atoms with van der Waals surface area (Å²) in [5, 5.41) is 11.1. The predicted octanol–water partition coefficient (Wildman–Crippen LogP) is 3.12. The summed E-state index contributed by atoms with van der Waals surface area (Å²) in [6.07, 6.45) is -0.217. The number of hydrogen-bond acceptors (Lipinski definition) is 4. The molecule has 0 radical (unpaired) electrons. The number of rotatable bonds is 3. The highest BCUT2D eigenvalue weighted by molar-refractivity contribution is 5.98. The predicted molar refractivity (Wildman–Crippen MR) is 88.9 cm³/mol. The summed E-state index contributed by atoms with van der Waals surface area (Å²) in [5.74, 6) is -0.331. The van der Waals surface area contributed by atoms with E-state index in [1.807, 2.05) is 31.2 Å². The Morgan fingerprint density at radius 3 is 2.62 bits per heavy atom. The number of nitro groups is 1. The number of nitrogens with zero attached hydrogens (tertiary/aromatic N) is 2. The summed E-state index contributed by atoms with van der Waals surface area (Å²) in [4.78, 5) is 25.0. The van der Waals surface area contributed by atoms with Crippen LogP contribution in [0.4, 0.5) is 5.69 Å². The van der Waals surface area contributed by atoms with E-state index in [9.17, 15) is 14.9 Å². The lowest BCUT2D eigenvalue weighted by atomic mass is 10.0. The Labute approximate surface area is 139 Å². The van der Waals surface area contributed by atoms with Gasteiger partial charge in [-0.2, -0.15) is 0 Å². The molecule has 1 amide bonds. The first-order valence-corrected chi connectivity index (χ1v) is 7.77. The van der Waals surface area contributed by atoms with E-state index in [0.717, 1.165) is 11.1 Å². The molecule has 3 rings (SSSR count). The minimum atomic E-state index is -0.523. The second-order valence-electron chi connectivity index (χ2n) is 5.80. The van der Waals surface area contributed by atoms with Gasteiger partial charge in [-0.1, -0.05) is 42.0 Å². The highest BCUT2D eigenvalue weighted by atomic mass is 16.6. The van der Waals surface area contributed by atoms with Crippen LogP contribution in [-0.4, -0.2) is 35.4 Å². The number of nitro benzene ring substituents is 1. The Hall–Kier alpha value is -2.73. The zero-order valence-corrected chi connectivity index (χ0v) is 13.3. The third kappa shape index (κ3) is 3.28. The minimum absolute atomic E-state index is 0.118. The quantitative estimate of drug-likeness (QED) is 0.642. The van der Waals surface area contributed by atoms with Crippen LogP contribution < -0.4 is 0 Å². The second-order valence-corrected chi connectivity index (χ2v) is 5.80. The Kier molecular flexibility index (Phi) is 4.57. The number of benzene rings is 2. The van der Waals surface area contributed by atoms with Crippen molar-refractivity contribution in [3.63, 3.8) is 0 Å². The van der Waals surface area contributed by atoms with Crippen LogP contribution in [0.5, 0.6) is 0 Å². The van der Waals surface area contributed by atoms with Crippen LogP contribution in [0.3, 0.4) is 0 Å². The Morgan fingerprint density at radius 2 is 1.92 bits per heavy atom. The molecule has 1 atom stereocenters. The van der Waals surface area contributed by atoms with Crippen molar-refractivity contribution < 1.29 is 14.5 Å². The van der Waals surface area contributed by atoms with Crippen molar-refractivity contribution >= 4 is 11.6 Å². The van der Waals surface area contributed by atoms with Gasteiger partial charge in [0.15, 0.2) is 0 Å². The van der Waals surface area contributed by atoms with E-state index in [-0.39, 0.29) is 23.3 Å². The fourth-order valence-electron chi connectivity index (χ4n) is 2.80. The van der Waals surface area contributed by atoms with Crippen molar-refractivity contribution in [2.75, 3.05) is 19.7 Å². The van der Waals surface area contributed by atoms with Crippen molar-refractivity contribution in [3.05, 3.63) is 75.3 Å². The van der Waals surface area contributed by atoms with Crippen LogP contribution in [0.2, 0.25) is 0 Å². The lowest BCUT2D eigenvalue weighted by Crippen LogP contribution is -2.42. The van der Waals surface area contributed by atoms with Gasteiger partial charge in [0.2, 0.25) is 0 Å². The van der Waals surface area contributed by atoms with Crippen molar-refractivity contribution in [2.45, 2.75) is 13.0 Å². The molecule has 124 valence electrons. The van der Waals surface area contributed by atoms with Gasteiger partial charge in [0.1, 0.15) is 11.7 Å². The number of amides is 1. The summed E-state index contributed by atoms with van der Waals surface area (Å²) in [7, 11) is 0. The standard InChI is InChI=1S/C18H18N2O4/c1-13-6-8-14(9-7-13)17-12-19(10-11-24-17)18(21)15-4-2-3-5-16(15)20(22)23/h2-9,17H,10-12H2,1H3. The summed E-state index contributed by atoms with van der Waals surface area (Å²) in [6, 6.07) is 14.0. The molecule has 6 nitrogen and oxygen atoms in total. The molecule has 0 bridgehead atoms. The summed E-state index contributed by atoms with van der Waals surface area (Å²) >= 11 is 0. The van der Waals surface area contributed by atoms with E-state index < -0.39 is 4.92 Å². The van der Waals surface area contributed by atoms with Gasteiger partial charge in [0.25, 0.3) is 11.6 Å². The number of para-hydroxylation sites is 1. The molecule has 1 aliphatic rings. The smallest absolute Gasteiger partial charge is 0.282 e. The molecule has 6 heteroatoms. The van der Waals surface area contributed by atoms with E-state index in [1.165, 1.54) is 12.1 Å². The number of carbonyl (C=O) groups is 1. The Balaban J connectivity index is 1.81. The Bertz CT molecular complexity index is 758. The maximum atomic E-state index is 12.7. The van der Waals surface area contributed by atoms with Crippen LogP contribution in [-0.2, 0) is 4.74 Å². The highest BCUT2D eigenvalue weighted by Gasteiger charge is 2.29. The first-order chi connectivity index (χ1) is 11.6. The maximum absolute atomic E-state index is 12.7. The number of morpholine rings is 1. The van der Waals surface area contributed by atoms with Crippen LogP contribution in [0, 0.1) is 17.0 Å². The molecule has 0 N–H and O–H groups in total. The van der Waals surface area contributed by atoms with Gasteiger partial charge in [0, 0.05) is 12.6 Å². The molecule has 1 heterocycles. The van der Waals surface area contributed by atoms with E-state index in [2.05, 4.69) is 0 Å². The van der Waals surface area contributed by atoms with Crippen LogP contribution in [0.1, 0.15) is 27.6 Å².